The van der Waals surface area contributed by atoms with Gasteiger partial charge in [-0.15, -0.1) is 22.7 Å². The van der Waals surface area contributed by atoms with Crippen molar-refractivity contribution < 1.29 is 8.42 Å². The van der Waals surface area contributed by atoms with E-state index in [1.54, 1.807) is 21.7 Å². The van der Waals surface area contributed by atoms with E-state index >= 15 is 0 Å². The molecule has 0 saturated carbocycles. The molecule has 0 amide bonds. The molecule has 0 radical (unpaired) electrons. The number of rotatable bonds is 5. The Balaban J connectivity index is 1.75. The molecule has 23 heavy (non-hydrogen) atoms. The van der Waals surface area contributed by atoms with Crippen molar-refractivity contribution in [2.24, 2.45) is 5.92 Å². The Kier molecular flexibility index (Phi) is 5.17. The third-order valence-corrected chi connectivity index (χ3v) is 8.36. The Morgan fingerprint density at radius 1 is 1.35 bits per heavy atom. The molecule has 5 nitrogen and oxygen atoms in total. The van der Waals surface area contributed by atoms with Gasteiger partial charge in [-0.1, -0.05) is 0 Å². The second-order valence-electron chi connectivity index (χ2n) is 5.78. The number of hydrogen-bond donors (Lipinski definition) is 1. The molecule has 1 aliphatic heterocycles. The number of thiazole rings is 1. The van der Waals surface area contributed by atoms with Gasteiger partial charge in [0.2, 0.25) is 0 Å². The van der Waals surface area contributed by atoms with Crippen LogP contribution in [0.1, 0.15) is 17.8 Å². The van der Waals surface area contributed by atoms with E-state index in [0.29, 0.717) is 23.2 Å². The molecule has 0 aromatic carbocycles. The van der Waals surface area contributed by atoms with Gasteiger partial charge >= 0.3 is 0 Å². The molecule has 0 atom stereocenters. The molecule has 1 aliphatic rings. The molecule has 0 unspecified atom stereocenters. The van der Waals surface area contributed by atoms with Gasteiger partial charge < -0.3 is 5.32 Å². The van der Waals surface area contributed by atoms with E-state index in [9.17, 15) is 8.42 Å². The molecule has 2 aromatic heterocycles. The van der Waals surface area contributed by atoms with Crippen LogP contribution < -0.4 is 5.32 Å². The van der Waals surface area contributed by atoms with Gasteiger partial charge in [-0.05, 0) is 51.4 Å². The van der Waals surface area contributed by atoms with Gasteiger partial charge in [0.15, 0.2) is 0 Å². The van der Waals surface area contributed by atoms with Crippen LogP contribution in [0.4, 0.5) is 0 Å². The van der Waals surface area contributed by atoms with Gasteiger partial charge in [0.05, 0.1) is 15.6 Å². The summed E-state index contributed by atoms with van der Waals surface area (Å²) in [6.07, 6.45) is 1.84. The Morgan fingerprint density at radius 2 is 2.09 bits per heavy atom. The van der Waals surface area contributed by atoms with E-state index in [-0.39, 0.29) is 0 Å². The predicted octanol–water partition coefficient (Wildman–Crippen LogP) is 2.80. The number of hydrogen-bond acceptors (Lipinski definition) is 6. The van der Waals surface area contributed by atoms with Gasteiger partial charge in [-0.2, -0.15) is 4.31 Å². The number of thiophene rings is 1. The largest absolute Gasteiger partial charge is 0.319 e. The fourth-order valence-electron chi connectivity index (χ4n) is 2.84. The van der Waals surface area contributed by atoms with Crippen LogP contribution in [0.3, 0.4) is 0 Å². The van der Waals surface area contributed by atoms with E-state index < -0.39 is 10.0 Å². The lowest BCUT2D eigenvalue weighted by Crippen LogP contribution is -2.40. The number of aryl methyl sites for hydroxylation is 1. The van der Waals surface area contributed by atoms with E-state index in [4.69, 9.17) is 0 Å². The van der Waals surface area contributed by atoms with Crippen molar-refractivity contribution in [3.05, 3.63) is 22.5 Å². The number of piperidine rings is 1. The van der Waals surface area contributed by atoms with Crippen LogP contribution in [0.25, 0.3) is 10.6 Å². The summed E-state index contributed by atoms with van der Waals surface area (Å²) in [6, 6.07) is 3.57. The maximum absolute atomic E-state index is 12.8. The SMILES string of the molecule is CNCC1CCN(S(=O)(=O)c2ccc(-c3csc(C)n3)s2)CC1. The summed E-state index contributed by atoms with van der Waals surface area (Å²) >= 11 is 2.89. The standard InChI is InChI=1S/C15H21N3O2S3/c1-11-17-13(10-21-11)14-3-4-15(22-14)23(19,20)18-7-5-12(6-8-18)9-16-2/h3-4,10,12,16H,5-9H2,1-2H3. The molecule has 3 heterocycles. The van der Waals surface area contributed by atoms with Gasteiger partial charge in [0, 0.05) is 18.5 Å². The Morgan fingerprint density at radius 3 is 2.70 bits per heavy atom. The van der Waals surface area contributed by atoms with Crippen molar-refractivity contribution >= 4 is 32.7 Å². The van der Waals surface area contributed by atoms with Crippen molar-refractivity contribution in [2.75, 3.05) is 26.7 Å². The van der Waals surface area contributed by atoms with E-state index in [1.807, 2.05) is 25.4 Å². The average molecular weight is 372 g/mol. The minimum atomic E-state index is -3.37. The minimum absolute atomic E-state index is 0.421. The summed E-state index contributed by atoms with van der Waals surface area (Å²) in [4.78, 5) is 5.35. The van der Waals surface area contributed by atoms with Gasteiger partial charge in [0.25, 0.3) is 10.0 Å². The fourth-order valence-corrected chi connectivity index (χ4v) is 6.42. The van der Waals surface area contributed by atoms with Crippen LogP contribution in [0.2, 0.25) is 0 Å². The Hall–Kier alpha value is -0.800. The number of sulfonamides is 1. The smallest absolute Gasteiger partial charge is 0.252 e. The highest BCUT2D eigenvalue weighted by molar-refractivity contribution is 7.91. The molecule has 0 spiro atoms. The first-order valence-corrected chi connectivity index (χ1v) is 10.8. The highest BCUT2D eigenvalue weighted by Crippen LogP contribution is 2.33. The van der Waals surface area contributed by atoms with E-state index in [2.05, 4.69) is 10.3 Å². The second-order valence-corrected chi connectivity index (χ2v) is 10.1. The molecule has 0 bridgehead atoms. The first-order chi connectivity index (χ1) is 11.0. The molecule has 2 aromatic rings. The van der Waals surface area contributed by atoms with Gasteiger partial charge in [-0.3, -0.25) is 0 Å². The molecule has 8 heteroatoms. The summed E-state index contributed by atoms with van der Waals surface area (Å²) in [7, 11) is -1.43. The van der Waals surface area contributed by atoms with Crippen LogP contribution in [-0.4, -0.2) is 44.4 Å². The molecular formula is C15H21N3O2S3. The molecule has 126 valence electrons. The summed E-state index contributed by atoms with van der Waals surface area (Å²) in [6.45, 7) is 4.13. The Labute approximate surface area is 145 Å². The maximum atomic E-state index is 12.8. The maximum Gasteiger partial charge on any atom is 0.252 e. The fraction of sp³-hybridized carbons (Fsp3) is 0.533. The monoisotopic (exact) mass is 371 g/mol. The summed E-state index contributed by atoms with van der Waals surface area (Å²) in [5, 5.41) is 6.14. The van der Waals surface area contributed by atoms with Crippen molar-refractivity contribution in [3.63, 3.8) is 0 Å². The lowest BCUT2D eigenvalue weighted by molar-refractivity contribution is 0.271. The summed E-state index contributed by atoms with van der Waals surface area (Å²) in [5.74, 6) is 0.573. The van der Waals surface area contributed by atoms with E-state index in [0.717, 1.165) is 35.0 Å². The zero-order valence-corrected chi connectivity index (χ0v) is 15.7. The second kappa shape index (κ2) is 6.98. The van der Waals surface area contributed by atoms with Crippen LogP contribution in [-0.2, 0) is 10.0 Å². The highest BCUT2D eigenvalue weighted by Gasteiger charge is 2.30. The number of nitrogens with one attached hydrogen (secondary N) is 1. The first kappa shape index (κ1) is 17.0. The molecule has 0 aliphatic carbocycles. The number of aromatic nitrogens is 1. The topological polar surface area (TPSA) is 62.3 Å². The molecule has 3 rings (SSSR count). The molecule has 1 fully saturated rings. The minimum Gasteiger partial charge on any atom is -0.319 e. The summed E-state index contributed by atoms with van der Waals surface area (Å²) < 4.78 is 27.7. The van der Waals surface area contributed by atoms with Crippen LogP contribution in [0.15, 0.2) is 21.7 Å². The zero-order valence-electron chi connectivity index (χ0n) is 13.3. The van der Waals surface area contributed by atoms with Crippen molar-refractivity contribution in [3.8, 4) is 10.6 Å². The first-order valence-electron chi connectivity index (χ1n) is 7.68. The van der Waals surface area contributed by atoms with E-state index in [1.165, 1.54) is 11.3 Å². The molecule has 1 N–H and O–H groups in total. The lowest BCUT2D eigenvalue weighted by Gasteiger charge is -2.30. The van der Waals surface area contributed by atoms with Crippen molar-refractivity contribution in [2.45, 2.75) is 24.0 Å². The average Bonchev–Trinajstić information content (AvgIpc) is 3.17. The van der Waals surface area contributed by atoms with Crippen molar-refractivity contribution in [1.29, 1.82) is 0 Å². The molecular weight excluding hydrogens is 350 g/mol. The molecule has 1 saturated heterocycles. The normalized spacial score (nSPS) is 17.7. The zero-order chi connectivity index (χ0) is 16.4. The van der Waals surface area contributed by atoms with Gasteiger partial charge in [-0.25, -0.2) is 13.4 Å². The lowest BCUT2D eigenvalue weighted by atomic mass is 9.98. The predicted molar refractivity (Wildman–Crippen MR) is 95.6 cm³/mol. The number of nitrogens with zero attached hydrogens (tertiary/aromatic N) is 2. The third-order valence-electron chi connectivity index (χ3n) is 4.11. The third kappa shape index (κ3) is 3.66. The van der Waals surface area contributed by atoms with Crippen LogP contribution >= 0.6 is 22.7 Å². The van der Waals surface area contributed by atoms with Crippen molar-refractivity contribution in [1.82, 2.24) is 14.6 Å². The quantitative estimate of drug-likeness (QED) is 0.878. The van der Waals surface area contributed by atoms with Crippen LogP contribution in [0.5, 0.6) is 0 Å². The van der Waals surface area contributed by atoms with Gasteiger partial charge in [0.1, 0.15) is 4.21 Å². The highest BCUT2D eigenvalue weighted by atomic mass is 32.2. The summed E-state index contributed by atoms with van der Waals surface area (Å²) in [5.41, 5.74) is 0.867. The Bertz CT molecular complexity index is 759. The van der Waals surface area contributed by atoms with Crippen LogP contribution in [0, 0.1) is 12.8 Å².